The highest BCUT2D eigenvalue weighted by Crippen LogP contribution is 2.29. The van der Waals surface area contributed by atoms with E-state index < -0.39 is 36.1 Å². The maximum atomic E-state index is 12.5. The number of halogens is 3. The Labute approximate surface area is 165 Å². The van der Waals surface area contributed by atoms with Crippen molar-refractivity contribution in [1.82, 2.24) is 5.32 Å². The molecule has 2 N–H and O–H groups in total. The number of anilines is 1. The van der Waals surface area contributed by atoms with Crippen LogP contribution in [0.15, 0.2) is 48.5 Å². The van der Waals surface area contributed by atoms with Gasteiger partial charge in [-0.2, -0.15) is 13.2 Å². The van der Waals surface area contributed by atoms with Crippen LogP contribution in [0, 0.1) is 0 Å². The molecule has 29 heavy (non-hydrogen) atoms. The second-order valence-electron chi connectivity index (χ2n) is 5.99. The molecule has 6 nitrogen and oxygen atoms in total. The van der Waals surface area contributed by atoms with Crippen LogP contribution in [-0.2, 0) is 26.9 Å². The first-order valence-electron chi connectivity index (χ1n) is 8.69. The Balaban J connectivity index is 1.78. The normalized spacial score (nSPS) is 10.9. The highest BCUT2D eigenvalue weighted by atomic mass is 19.4. The summed E-state index contributed by atoms with van der Waals surface area (Å²) in [5.74, 6) is -2.12. The predicted octanol–water partition coefficient (Wildman–Crippen LogP) is 3.18. The van der Waals surface area contributed by atoms with Gasteiger partial charge in [0.05, 0.1) is 17.7 Å². The van der Waals surface area contributed by atoms with Crippen molar-refractivity contribution in [2.75, 3.05) is 18.5 Å². The molecule has 0 radical (unpaired) electrons. The Morgan fingerprint density at radius 1 is 0.966 bits per heavy atom. The summed E-state index contributed by atoms with van der Waals surface area (Å²) in [6.45, 7) is 0.950. The number of amides is 2. The van der Waals surface area contributed by atoms with E-state index in [2.05, 4.69) is 10.6 Å². The van der Waals surface area contributed by atoms with Crippen LogP contribution in [0.1, 0.15) is 28.4 Å². The first kappa shape index (κ1) is 21.9. The van der Waals surface area contributed by atoms with Gasteiger partial charge in [0.1, 0.15) is 0 Å². The minimum Gasteiger partial charge on any atom is -0.452 e. The largest absolute Gasteiger partial charge is 0.452 e. The molecule has 2 amide bonds. The minimum atomic E-state index is -4.51. The Bertz CT molecular complexity index is 880. The third kappa shape index (κ3) is 6.63. The number of benzene rings is 2. The first-order chi connectivity index (χ1) is 13.7. The van der Waals surface area contributed by atoms with Crippen LogP contribution in [0.4, 0.5) is 18.9 Å². The molecule has 0 heterocycles. The number of hydrogen-bond donors (Lipinski definition) is 2. The molecular weight excluding hydrogens is 389 g/mol. The second kappa shape index (κ2) is 9.72. The molecule has 0 atom stereocenters. The van der Waals surface area contributed by atoms with Gasteiger partial charge in [-0.3, -0.25) is 9.59 Å². The predicted molar refractivity (Wildman–Crippen MR) is 99.2 cm³/mol. The van der Waals surface area contributed by atoms with Gasteiger partial charge in [-0.1, -0.05) is 25.1 Å². The van der Waals surface area contributed by atoms with Crippen molar-refractivity contribution >= 4 is 23.5 Å². The summed E-state index contributed by atoms with van der Waals surface area (Å²) in [6, 6.07) is 10.6. The zero-order valence-electron chi connectivity index (χ0n) is 15.5. The monoisotopic (exact) mass is 408 g/mol. The Morgan fingerprint density at radius 3 is 2.24 bits per heavy atom. The Morgan fingerprint density at radius 2 is 1.62 bits per heavy atom. The van der Waals surface area contributed by atoms with Gasteiger partial charge in [-0.15, -0.1) is 0 Å². The second-order valence-corrected chi connectivity index (χ2v) is 5.99. The van der Waals surface area contributed by atoms with Crippen LogP contribution in [-0.4, -0.2) is 30.9 Å². The summed E-state index contributed by atoms with van der Waals surface area (Å²) >= 11 is 0. The summed E-state index contributed by atoms with van der Waals surface area (Å²) in [5, 5.41) is 4.97. The number of alkyl halides is 3. The molecule has 0 aliphatic carbocycles. The van der Waals surface area contributed by atoms with Crippen LogP contribution >= 0.6 is 0 Å². The number of nitrogens with one attached hydrogen (secondary N) is 2. The van der Waals surface area contributed by atoms with E-state index in [-0.39, 0.29) is 12.1 Å². The van der Waals surface area contributed by atoms with Crippen LogP contribution in [0.5, 0.6) is 0 Å². The molecule has 0 aliphatic rings. The standard InChI is InChI=1S/C20H19F3N2O4/c1-2-13-5-3-4-6-16(13)25-17(26)11-24-18(27)12-29-19(28)14-7-9-15(10-8-14)20(21,22)23/h3-10H,2,11-12H2,1H3,(H,24,27)(H,25,26). The lowest BCUT2D eigenvalue weighted by Gasteiger charge is -2.10. The molecule has 0 saturated heterocycles. The zero-order chi connectivity index (χ0) is 21.4. The molecule has 9 heteroatoms. The fourth-order valence-corrected chi connectivity index (χ4v) is 2.38. The van der Waals surface area contributed by atoms with Crippen molar-refractivity contribution in [3.05, 3.63) is 65.2 Å². The van der Waals surface area contributed by atoms with Gasteiger partial charge in [0.25, 0.3) is 5.91 Å². The molecule has 2 aromatic rings. The van der Waals surface area contributed by atoms with Crippen molar-refractivity contribution < 1.29 is 32.3 Å². The average Bonchev–Trinajstić information content (AvgIpc) is 2.70. The molecule has 0 spiro atoms. The van der Waals surface area contributed by atoms with E-state index in [0.717, 1.165) is 36.2 Å². The van der Waals surface area contributed by atoms with Crippen LogP contribution < -0.4 is 10.6 Å². The summed E-state index contributed by atoms with van der Waals surface area (Å²) in [4.78, 5) is 35.5. The summed E-state index contributed by atoms with van der Waals surface area (Å²) in [6.07, 6.45) is -3.79. The van der Waals surface area contributed by atoms with Crippen molar-refractivity contribution in [3.63, 3.8) is 0 Å². The molecule has 154 valence electrons. The van der Waals surface area contributed by atoms with Crippen LogP contribution in [0.3, 0.4) is 0 Å². The van der Waals surface area contributed by atoms with Gasteiger partial charge in [-0.05, 0) is 42.3 Å². The van der Waals surface area contributed by atoms with E-state index in [1.165, 1.54) is 0 Å². The molecule has 0 aromatic heterocycles. The third-order valence-electron chi connectivity index (χ3n) is 3.90. The van der Waals surface area contributed by atoms with E-state index in [1.54, 1.807) is 12.1 Å². The lowest BCUT2D eigenvalue weighted by Crippen LogP contribution is -2.35. The smallest absolute Gasteiger partial charge is 0.416 e. The quantitative estimate of drug-likeness (QED) is 0.690. The van der Waals surface area contributed by atoms with E-state index in [1.807, 2.05) is 19.1 Å². The van der Waals surface area contributed by atoms with E-state index in [4.69, 9.17) is 4.74 Å². The number of esters is 1. The molecule has 2 aromatic carbocycles. The molecule has 0 bridgehead atoms. The van der Waals surface area contributed by atoms with Crippen LogP contribution in [0.25, 0.3) is 0 Å². The number of rotatable bonds is 7. The molecule has 0 aliphatic heterocycles. The first-order valence-corrected chi connectivity index (χ1v) is 8.69. The van der Waals surface area contributed by atoms with Crippen molar-refractivity contribution in [1.29, 1.82) is 0 Å². The highest BCUT2D eigenvalue weighted by Gasteiger charge is 2.30. The van der Waals surface area contributed by atoms with Crippen molar-refractivity contribution in [2.24, 2.45) is 0 Å². The number of para-hydroxylation sites is 1. The number of ether oxygens (including phenoxy) is 1. The number of aryl methyl sites for hydroxylation is 1. The fourth-order valence-electron chi connectivity index (χ4n) is 2.38. The maximum Gasteiger partial charge on any atom is 0.416 e. The topological polar surface area (TPSA) is 84.5 Å². The molecule has 0 unspecified atom stereocenters. The van der Waals surface area contributed by atoms with Gasteiger partial charge in [0.2, 0.25) is 5.91 Å². The van der Waals surface area contributed by atoms with E-state index in [9.17, 15) is 27.6 Å². The molecule has 0 saturated carbocycles. The van der Waals surface area contributed by atoms with Gasteiger partial charge < -0.3 is 15.4 Å². The fraction of sp³-hybridized carbons (Fsp3) is 0.250. The van der Waals surface area contributed by atoms with E-state index >= 15 is 0 Å². The molecule has 0 fully saturated rings. The Kier molecular flexibility index (Phi) is 7.35. The lowest BCUT2D eigenvalue weighted by atomic mass is 10.1. The average molecular weight is 408 g/mol. The van der Waals surface area contributed by atoms with Crippen molar-refractivity contribution in [2.45, 2.75) is 19.5 Å². The third-order valence-corrected chi connectivity index (χ3v) is 3.90. The highest BCUT2D eigenvalue weighted by molar-refractivity contribution is 5.96. The van der Waals surface area contributed by atoms with Crippen LogP contribution in [0.2, 0.25) is 0 Å². The summed E-state index contributed by atoms with van der Waals surface area (Å²) in [7, 11) is 0. The lowest BCUT2D eigenvalue weighted by molar-refractivity contribution is -0.137. The maximum absolute atomic E-state index is 12.5. The number of hydrogen-bond acceptors (Lipinski definition) is 4. The van der Waals surface area contributed by atoms with Gasteiger partial charge in [0.15, 0.2) is 6.61 Å². The number of carbonyl (C=O) groups is 3. The number of carbonyl (C=O) groups excluding carboxylic acids is 3. The SMILES string of the molecule is CCc1ccccc1NC(=O)CNC(=O)COC(=O)c1ccc(C(F)(F)F)cc1. The van der Waals surface area contributed by atoms with Gasteiger partial charge in [0, 0.05) is 5.69 Å². The van der Waals surface area contributed by atoms with E-state index in [0.29, 0.717) is 5.69 Å². The van der Waals surface area contributed by atoms with Crippen molar-refractivity contribution in [3.8, 4) is 0 Å². The summed E-state index contributed by atoms with van der Waals surface area (Å²) in [5.41, 5.74) is 0.558. The summed E-state index contributed by atoms with van der Waals surface area (Å²) < 4.78 is 42.2. The Hall–Kier alpha value is -3.36. The zero-order valence-corrected chi connectivity index (χ0v) is 15.5. The van der Waals surface area contributed by atoms with Gasteiger partial charge >= 0.3 is 12.1 Å². The minimum absolute atomic E-state index is 0.125. The molecule has 2 rings (SSSR count). The van der Waals surface area contributed by atoms with Gasteiger partial charge in [-0.25, -0.2) is 4.79 Å². The molecular formula is C20H19F3N2O4.